The molecule has 3 aromatic rings. The third-order valence-electron chi connectivity index (χ3n) is 6.08. The van der Waals surface area contributed by atoms with Crippen LogP contribution in [-0.2, 0) is 11.3 Å². The van der Waals surface area contributed by atoms with Gasteiger partial charge in [0.2, 0.25) is 5.91 Å². The summed E-state index contributed by atoms with van der Waals surface area (Å²) < 4.78 is 30.3. The number of benzene rings is 2. The lowest BCUT2D eigenvalue weighted by Crippen LogP contribution is -2.35. The van der Waals surface area contributed by atoms with Crippen LogP contribution in [0, 0.1) is 5.82 Å². The molecular weight excluding hydrogens is 435 g/mol. The van der Waals surface area contributed by atoms with Gasteiger partial charge < -0.3 is 19.2 Å². The molecule has 0 radical (unpaired) electrons. The predicted molar refractivity (Wildman–Crippen MR) is 128 cm³/mol. The van der Waals surface area contributed by atoms with E-state index < -0.39 is 0 Å². The molecule has 34 heavy (non-hydrogen) atoms. The minimum Gasteiger partial charge on any atom is -0.497 e. The van der Waals surface area contributed by atoms with Crippen LogP contribution in [0.3, 0.4) is 0 Å². The van der Waals surface area contributed by atoms with Gasteiger partial charge in [0.15, 0.2) is 0 Å². The van der Waals surface area contributed by atoms with Gasteiger partial charge in [0.1, 0.15) is 29.2 Å². The highest BCUT2D eigenvalue weighted by Crippen LogP contribution is 2.30. The van der Waals surface area contributed by atoms with Gasteiger partial charge in [0.05, 0.1) is 13.4 Å². The molecule has 6 nitrogen and oxygen atoms in total. The Morgan fingerprint density at radius 2 is 2.06 bits per heavy atom. The van der Waals surface area contributed by atoms with Gasteiger partial charge in [-0.1, -0.05) is 18.2 Å². The number of carbonyl (C=O) groups excluding carboxylic acids is 1. The molecule has 1 aliphatic heterocycles. The zero-order chi connectivity index (χ0) is 23.9. The highest BCUT2D eigenvalue weighted by atomic mass is 19.1. The summed E-state index contributed by atoms with van der Waals surface area (Å²) in [7, 11) is 1.64. The topological polar surface area (TPSA) is 63.9 Å². The van der Waals surface area contributed by atoms with E-state index in [-0.39, 0.29) is 23.7 Å². The van der Waals surface area contributed by atoms with Crippen molar-refractivity contribution < 1.29 is 23.1 Å². The molecule has 0 unspecified atom stereocenters. The highest BCUT2D eigenvalue weighted by molar-refractivity contribution is 5.76. The van der Waals surface area contributed by atoms with Gasteiger partial charge in [-0.3, -0.25) is 9.69 Å². The van der Waals surface area contributed by atoms with Crippen molar-refractivity contribution in [3.05, 3.63) is 83.6 Å². The van der Waals surface area contributed by atoms with Gasteiger partial charge >= 0.3 is 0 Å². The highest BCUT2D eigenvalue weighted by Gasteiger charge is 2.22. The number of furan rings is 1. The van der Waals surface area contributed by atoms with Gasteiger partial charge in [0.25, 0.3) is 0 Å². The Balaban J connectivity index is 1.29. The smallest absolute Gasteiger partial charge is 0.221 e. The summed E-state index contributed by atoms with van der Waals surface area (Å²) >= 11 is 0. The van der Waals surface area contributed by atoms with E-state index in [1.165, 1.54) is 12.1 Å². The van der Waals surface area contributed by atoms with Crippen molar-refractivity contribution in [2.24, 2.45) is 0 Å². The average molecular weight is 467 g/mol. The van der Waals surface area contributed by atoms with Crippen molar-refractivity contribution in [2.75, 3.05) is 26.7 Å². The summed E-state index contributed by atoms with van der Waals surface area (Å²) in [4.78, 5) is 14.8. The first-order valence-electron chi connectivity index (χ1n) is 11.6. The molecule has 0 saturated heterocycles. The molecule has 180 valence electrons. The van der Waals surface area contributed by atoms with Crippen molar-refractivity contribution in [3.63, 3.8) is 0 Å². The lowest BCUT2D eigenvalue weighted by molar-refractivity contribution is -0.121. The number of nitrogens with zero attached hydrogens (tertiary/aromatic N) is 1. The lowest BCUT2D eigenvalue weighted by Gasteiger charge is -2.21. The van der Waals surface area contributed by atoms with Crippen LogP contribution in [0.4, 0.5) is 4.39 Å². The van der Waals surface area contributed by atoms with E-state index in [0.29, 0.717) is 25.9 Å². The summed E-state index contributed by atoms with van der Waals surface area (Å²) in [5.41, 5.74) is 2.05. The number of nitrogens with one attached hydrogen (secondary N) is 1. The molecule has 1 aromatic heterocycles. The fourth-order valence-corrected chi connectivity index (χ4v) is 4.36. The molecule has 1 N–H and O–H groups in total. The molecule has 7 heteroatoms. The van der Waals surface area contributed by atoms with Gasteiger partial charge in [-0.05, 0) is 49.2 Å². The standard InChI is InChI=1S/C27H31FN2O4/c1-19-17-30(18-21-7-10-23(32-2)16-26(21)34-19)14-12-27(31)29-13-11-24(25-4-3-15-33-25)20-5-8-22(28)9-6-20/h3-10,15-16,19,24H,11-14,17-18H2,1-2H3,(H,29,31)/t19-,24-/m0/s1. The van der Waals surface area contributed by atoms with Crippen LogP contribution in [0.5, 0.6) is 11.5 Å². The van der Waals surface area contributed by atoms with Crippen LogP contribution in [-0.4, -0.2) is 43.7 Å². The number of hydrogen-bond donors (Lipinski definition) is 1. The van der Waals surface area contributed by atoms with Gasteiger partial charge in [0, 0.05) is 50.1 Å². The third kappa shape index (κ3) is 6.17. The molecule has 1 aliphatic rings. The van der Waals surface area contributed by atoms with Crippen molar-refractivity contribution >= 4 is 5.91 Å². The molecule has 2 aromatic carbocycles. The minimum atomic E-state index is -0.273. The second-order valence-electron chi connectivity index (χ2n) is 8.65. The molecule has 0 aliphatic carbocycles. The molecule has 2 atom stereocenters. The van der Waals surface area contributed by atoms with E-state index in [9.17, 15) is 9.18 Å². The Morgan fingerprint density at radius 3 is 2.79 bits per heavy atom. The van der Waals surface area contributed by atoms with Crippen LogP contribution in [0.25, 0.3) is 0 Å². The second-order valence-corrected chi connectivity index (χ2v) is 8.65. The first-order chi connectivity index (χ1) is 16.5. The van der Waals surface area contributed by atoms with E-state index in [1.807, 2.05) is 37.3 Å². The van der Waals surface area contributed by atoms with E-state index in [4.69, 9.17) is 13.9 Å². The summed E-state index contributed by atoms with van der Waals surface area (Å²) in [6.07, 6.45) is 2.71. The average Bonchev–Trinajstić information content (AvgIpc) is 3.31. The Morgan fingerprint density at radius 1 is 1.24 bits per heavy atom. The van der Waals surface area contributed by atoms with Crippen LogP contribution < -0.4 is 14.8 Å². The molecule has 0 spiro atoms. The van der Waals surface area contributed by atoms with E-state index in [0.717, 1.165) is 41.5 Å². The van der Waals surface area contributed by atoms with E-state index in [2.05, 4.69) is 10.2 Å². The van der Waals surface area contributed by atoms with E-state index in [1.54, 1.807) is 25.5 Å². The second kappa shape index (κ2) is 11.2. The molecule has 0 fully saturated rings. The third-order valence-corrected chi connectivity index (χ3v) is 6.08. The van der Waals surface area contributed by atoms with Crippen molar-refractivity contribution in [2.45, 2.75) is 38.3 Å². The number of amides is 1. The number of ether oxygens (including phenoxy) is 2. The number of methoxy groups -OCH3 is 1. The quantitative estimate of drug-likeness (QED) is 0.494. The Bertz CT molecular complexity index is 1070. The van der Waals surface area contributed by atoms with Crippen LogP contribution in [0.1, 0.15) is 42.6 Å². The fourth-order valence-electron chi connectivity index (χ4n) is 4.36. The largest absolute Gasteiger partial charge is 0.497 e. The first kappa shape index (κ1) is 23.8. The molecule has 1 amide bonds. The number of carbonyl (C=O) groups is 1. The lowest BCUT2D eigenvalue weighted by atomic mass is 9.93. The molecule has 2 heterocycles. The Kier molecular flexibility index (Phi) is 7.85. The van der Waals surface area contributed by atoms with Crippen molar-refractivity contribution in [1.82, 2.24) is 10.2 Å². The van der Waals surface area contributed by atoms with Crippen LogP contribution >= 0.6 is 0 Å². The Hall–Kier alpha value is -3.32. The SMILES string of the molecule is COc1ccc2c(c1)O[C@@H](C)CN(CCC(=O)NCC[C@@H](c1ccc(F)cc1)c1ccco1)C2. The summed E-state index contributed by atoms with van der Waals surface area (Å²) in [5.74, 6) is 2.09. The molecular formula is C27H31FN2O4. The summed E-state index contributed by atoms with van der Waals surface area (Å²) in [6, 6.07) is 16.0. The number of halogens is 1. The summed E-state index contributed by atoms with van der Waals surface area (Å²) in [5, 5.41) is 3.03. The number of rotatable bonds is 9. The van der Waals surface area contributed by atoms with Crippen LogP contribution in [0.2, 0.25) is 0 Å². The maximum atomic E-state index is 13.4. The predicted octanol–water partition coefficient (Wildman–Crippen LogP) is 4.74. The van der Waals surface area contributed by atoms with E-state index >= 15 is 0 Å². The summed E-state index contributed by atoms with van der Waals surface area (Å²) in [6.45, 7) is 4.65. The number of hydrogen-bond acceptors (Lipinski definition) is 5. The fraction of sp³-hybridized carbons (Fsp3) is 0.370. The molecule has 0 saturated carbocycles. The molecule has 0 bridgehead atoms. The van der Waals surface area contributed by atoms with Gasteiger partial charge in [-0.25, -0.2) is 4.39 Å². The zero-order valence-electron chi connectivity index (χ0n) is 19.6. The zero-order valence-corrected chi connectivity index (χ0v) is 19.6. The minimum absolute atomic E-state index is 0.00470. The van der Waals surface area contributed by atoms with Crippen LogP contribution in [0.15, 0.2) is 65.3 Å². The maximum Gasteiger partial charge on any atom is 0.221 e. The van der Waals surface area contributed by atoms with Crippen molar-refractivity contribution in [3.8, 4) is 11.5 Å². The Labute approximate surface area is 199 Å². The normalized spacial score (nSPS) is 16.7. The first-order valence-corrected chi connectivity index (χ1v) is 11.6. The van der Waals surface area contributed by atoms with Crippen molar-refractivity contribution in [1.29, 1.82) is 0 Å². The van der Waals surface area contributed by atoms with Gasteiger partial charge in [-0.2, -0.15) is 0 Å². The number of fused-ring (bicyclic) bond motifs is 1. The molecule has 4 rings (SSSR count). The monoisotopic (exact) mass is 466 g/mol. The maximum absolute atomic E-state index is 13.4. The van der Waals surface area contributed by atoms with Gasteiger partial charge in [-0.15, -0.1) is 0 Å².